The summed E-state index contributed by atoms with van der Waals surface area (Å²) in [6.45, 7) is 4.09. The maximum absolute atomic E-state index is 13.8. The van der Waals surface area contributed by atoms with Gasteiger partial charge in [-0.15, -0.1) is 0 Å². The van der Waals surface area contributed by atoms with Crippen molar-refractivity contribution in [3.8, 4) is 0 Å². The number of imide groups is 1. The molecule has 2 fully saturated rings. The van der Waals surface area contributed by atoms with E-state index in [4.69, 9.17) is 0 Å². The fourth-order valence-corrected chi connectivity index (χ4v) is 6.46. The van der Waals surface area contributed by atoms with E-state index in [-0.39, 0.29) is 35.0 Å². The third-order valence-electron chi connectivity index (χ3n) is 7.76. The van der Waals surface area contributed by atoms with Gasteiger partial charge in [-0.1, -0.05) is 87.7 Å². The number of anilines is 1. The molecule has 0 aromatic heterocycles. The van der Waals surface area contributed by atoms with Gasteiger partial charge >= 0.3 is 0 Å². The molecule has 6 nitrogen and oxygen atoms in total. The van der Waals surface area contributed by atoms with Gasteiger partial charge in [0, 0.05) is 22.4 Å². The van der Waals surface area contributed by atoms with Gasteiger partial charge in [-0.25, -0.2) is 4.90 Å². The van der Waals surface area contributed by atoms with Gasteiger partial charge in [0.2, 0.25) is 11.8 Å². The molecule has 2 amide bonds. The highest BCUT2D eigenvalue weighted by atomic mass is 79.9. The first kappa shape index (κ1) is 23.6. The summed E-state index contributed by atoms with van der Waals surface area (Å²) in [6, 6.07) is 21.0. The SMILES string of the molecule is Cc1ccc(C(=C2[C@H]3C=C[C@H]2[C@H]2C(=O)N(c4ccc(Br)cc4[N+](=O)[O-])C(=O)[C@H]23)c2ccc(C)cc2)cc1. The van der Waals surface area contributed by atoms with E-state index in [1.54, 1.807) is 6.07 Å². The Morgan fingerprint density at radius 1 is 0.811 bits per heavy atom. The Bertz CT molecular complexity index is 1460. The van der Waals surface area contributed by atoms with Crippen LogP contribution in [0, 0.1) is 47.6 Å². The number of hydrogen-bond donors (Lipinski definition) is 0. The molecule has 37 heavy (non-hydrogen) atoms. The first-order valence-corrected chi connectivity index (χ1v) is 12.9. The van der Waals surface area contributed by atoms with Gasteiger partial charge in [0.05, 0.1) is 16.8 Å². The van der Waals surface area contributed by atoms with E-state index in [9.17, 15) is 19.7 Å². The molecule has 1 saturated heterocycles. The van der Waals surface area contributed by atoms with E-state index in [1.165, 1.54) is 12.1 Å². The van der Waals surface area contributed by atoms with E-state index in [2.05, 4.69) is 64.5 Å². The molecule has 3 aromatic carbocycles. The number of carbonyl (C=O) groups is 2. The van der Waals surface area contributed by atoms with Gasteiger partial charge in [0.25, 0.3) is 5.69 Å². The minimum atomic E-state index is -0.577. The third kappa shape index (κ3) is 3.60. The second-order valence-corrected chi connectivity index (χ2v) is 10.9. The Balaban J connectivity index is 1.49. The lowest BCUT2D eigenvalue weighted by Crippen LogP contribution is -2.33. The number of hydrogen-bond acceptors (Lipinski definition) is 4. The fourth-order valence-electron chi connectivity index (χ4n) is 6.11. The minimum absolute atomic E-state index is 0.0276. The number of benzene rings is 3. The van der Waals surface area contributed by atoms with E-state index in [0.717, 1.165) is 38.3 Å². The Labute approximate surface area is 222 Å². The zero-order chi connectivity index (χ0) is 26.0. The highest BCUT2D eigenvalue weighted by Gasteiger charge is 2.63. The van der Waals surface area contributed by atoms with Crippen LogP contribution in [0.2, 0.25) is 0 Å². The summed E-state index contributed by atoms with van der Waals surface area (Å²) in [4.78, 5) is 39.8. The van der Waals surface area contributed by atoms with Crippen molar-refractivity contribution in [1.29, 1.82) is 0 Å². The summed E-state index contributed by atoms with van der Waals surface area (Å²) in [5.41, 5.74) is 6.28. The van der Waals surface area contributed by atoms with Gasteiger partial charge < -0.3 is 0 Å². The smallest absolute Gasteiger partial charge is 0.274 e. The molecule has 0 N–H and O–H groups in total. The van der Waals surface area contributed by atoms with Crippen molar-refractivity contribution >= 4 is 44.7 Å². The van der Waals surface area contributed by atoms with Crippen LogP contribution in [-0.2, 0) is 9.59 Å². The lowest BCUT2D eigenvalue weighted by atomic mass is 9.85. The predicted octanol–water partition coefficient (Wildman–Crippen LogP) is 6.40. The summed E-state index contributed by atoms with van der Waals surface area (Å²) < 4.78 is 0.509. The Kier molecular flexibility index (Phi) is 5.49. The third-order valence-corrected chi connectivity index (χ3v) is 8.25. The largest absolute Gasteiger partial charge is 0.294 e. The van der Waals surface area contributed by atoms with Crippen molar-refractivity contribution in [3.05, 3.63) is 121 Å². The highest BCUT2D eigenvalue weighted by molar-refractivity contribution is 9.10. The molecular weight excluding hydrogens is 532 g/mol. The van der Waals surface area contributed by atoms with Crippen LogP contribution in [0.3, 0.4) is 0 Å². The minimum Gasteiger partial charge on any atom is -0.274 e. The molecule has 1 heterocycles. The average molecular weight is 555 g/mol. The Morgan fingerprint density at radius 2 is 1.30 bits per heavy atom. The number of carbonyl (C=O) groups excluding carboxylic acids is 2. The van der Waals surface area contributed by atoms with Gasteiger partial charge in [0.15, 0.2) is 0 Å². The summed E-state index contributed by atoms with van der Waals surface area (Å²) in [6.07, 6.45) is 4.07. The number of allylic oxidation sites excluding steroid dienone is 3. The summed E-state index contributed by atoms with van der Waals surface area (Å²) in [5, 5.41) is 11.8. The standard InChI is InChI=1S/C30H23BrN2O4/c1-16-3-7-18(8-4-16)25(19-9-5-17(2)6-10-19)26-21-12-13-22(26)28-27(21)29(34)32(30(28)35)23-14-11-20(31)15-24(23)33(36)37/h3-15,21-22,27-28H,1-2H3/t21-,22-,27-,28+/m1/s1. The van der Waals surface area contributed by atoms with E-state index in [0.29, 0.717) is 4.47 Å². The monoisotopic (exact) mass is 554 g/mol. The molecule has 3 aliphatic rings. The lowest BCUT2D eigenvalue weighted by Gasteiger charge is -2.21. The molecule has 4 atom stereocenters. The molecule has 1 aliphatic heterocycles. The number of nitro groups is 1. The van der Waals surface area contributed by atoms with Crippen molar-refractivity contribution in [2.75, 3.05) is 4.90 Å². The van der Waals surface area contributed by atoms with Crippen molar-refractivity contribution in [1.82, 2.24) is 0 Å². The Hall–Kier alpha value is -3.84. The second-order valence-electron chi connectivity index (χ2n) is 9.95. The molecule has 7 heteroatoms. The Morgan fingerprint density at radius 3 is 1.76 bits per heavy atom. The zero-order valence-electron chi connectivity index (χ0n) is 20.2. The normalized spacial score (nSPS) is 23.6. The number of nitro benzene ring substituents is 1. The van der Waals surface area contributed by atoms with Crippen LogP contribution < -0.4 is 4.90 Å². The van der Waals surface area contributed by atoms with Crippen molar-refractivity contribution in [2.24, 2.45) is 23.7 Å². The van der Waals surface area contributed by atoms with E-state index < -0.39 is 16.8 Å². The van der Waals surface area contributed by atoms with Crippen LogP contribution in [0.25, 0.3) is 5.57 Å². The molecule has 2 aliphatic carbocycles. The number of halogens is 1. The van der Waals surface area contributed by atoms with Crippen LogP contribution >= 0.6 is 15.9 Å². The topological polar surface area (TPSA) is 80.5 Å². The van der Waals surface area contributed by atoms with E-state index >= 15 is 0 Å². The molecule has 0 spiro atoms. The van der Waals surface area contributed by atoms with Gasteiger partial charge in [-0.2, -0.15) is 0 Å². The number of nitrogens with zero attached hydrogens (tertiary/aromatic N) is 2. The number of amides is 2. The van der Waals surface area contributed by atoms with Crippen LogP contribution in [0.15, 0.2) is 88.9 Å². The molecule has 3 aromatic rings. The number of rotatable bonds is 4. The summed E-state index contributed by atoms with van der Waals surface area (Å²) in [7, 11) is 0. The molecule has 0 unspecified atom stereocenters. The van der Waals surface area contributed by atoms with Crippen LogP contribution in [0.4, 0.5) is 11.4 Å². The summed E-state index contributed by atoms with van der Waals surface area (Å²) >= 11 is 3.25. The molecular formula is C30H23BrN2O4. The second kappa shape index (κ2) is 8.63. The molecule has 0 radical (unpaired) electrons. The van der Waals surface area contributed by atoms with Crippen LogP contribution in [0.1, 0.15) is 22.3 Å². The number of fused-ring (bicyclic) bond motifs is 5. The lowest BCUT2D eigenvalue weighted by molar-refractivity contribution is -0.384. The fraction of sp³-hybridized carbons (Fsp3) is 0.200. The first-order chi connectivity index (χ1) is 17.8. The van der Waals surface area contributed by atoms with Crippen LogP contribution in [-0.4, -0.2) is 16.7 Å². The first-order valence-electron chi connectivity index (χ1n) is 12.1. The molecule has 6 rings (SSSR count). The maximum atomic E-state index is 13.8. The van der Waals surface area contributed by atoms with Gasteiger partial charge in [-0.05, 0) is 48.3 Å². The van der Waals surface area contributed by atoms with Crippen molar-refractivity contribution in [2.45, 2.75) is 13.8 Å². The van der Waals surface area contributed by atoms with Crippen molar-refractivity contribution < 1.29 is 14.5 Å². The maximum Gasteiger partial charge on any atom is 0.294 e. The molecule has 184 valence electrons. The number of aryl methyl sites for hydroxylation is 2. The predicted molar refractivity (Wildman–Crippen MR) is 145 cm³/mol. The quantitative estimate of drug-likeness (QED) is 0.162. The van der Waals surface area contributed by atoms with Crippen LogP contribution in [0.5, 0.6) is 0 Å². The van der Waals surface area contributed by atoms with Crippen molar-refractivity contribution in [3.63, 3.8) is 0 Å². The van der Waals surface area contributed by atoms with Gasteiger partial charge in [0.1, 0.15) is 5.69 Å². The van der Waals surface area contributed by atoms with E-state index in [1.807, 2.05) is 26.0 Å². The molecule has 1 saturated carbocycles. The van der Waals surface area contributed by atoms with Gasteiger partial charge in [-0.3, -0.25) is 19.7 Å². The average Bonchev–Trinajstić information content (AvgIpc) is 3.51. The highest BCUT2D eigenvalue weighted by Crippen LogP contribution is 2.59. The molecule has 2 bridgehead atoms. The zero-order valence-corrected chi connectivity index (χ0v) is 21.8. The summed E-state index contributed by atoms with van der Waals surface area (Å²) in [5.74, 6) is -2.39.